The van der Waals surface area contributed by atoms with Crippen LogP contribution < -0.4 is 25.3 Å². The van der Waals surface area contributed by atoms with Crippen molar-refractivity contribution in [1.29, 1.82) is 0 Å². The molecule has 1 atom stereocenters. The number of benzene rings is 3. The lowest BCUT2D eigenvalue weighted by atomic mass is 9.98. The molecule has 0 spiro atoms. The number of fused-ring (bicyclic) bond motifs is 1. The number of thiophene rings is 1. The van der Waals surface area contributed by atoms with Gasteiger partial charge in [-0.1, -0.05) is 60.7 Å². The zero-order valence-corrected chi connectivity index (χ0v) is 23.0. The summed E-state index contributed by atoms with van der Waals surface area (Å²) in [6.07, 6.45) is 0. The normalized spacial score (nSPS) is 11.7. The molecule has 0 aliphatic rings. The van der Waals surface area contributed by atoms with Gasteiger partial charge < -0.3 is 25.3 Å². The minimum atomic E-state index is -0.246. The standard InChI is InChI=1S/C31H29N3O4S/c1-18(19-11-7-5-8-12-19)33-30(35)29-27(32)26-22(21-15-24(36-2)28(38-4)25(16-21)37-3)17-23(34-31(26)39-29)20-13-9-6-10-14-20/h5-18H,32H2,1-4H3,(H,33,35). The van der Waals surface area contributed by atoms with Crippen molar-refractivity contribution in [2.45, 2.75) is 13.0 Å². The molecule has 2 aromatic heterocycles. The molecule has 0 saturated carbocycles. The number of nitrogens with one attached hydrogen (secondary N) is 1. The van der Waals surface area contributed by atoms with Gasteiger partial charge in [-0.15, -0.1) is 11.3 Å². The van der Waals surface area contributed by atoms with Crippen LogP contribution in [0.5, 0.6) is 17.2 Å². The zero-order chi connectivity index (χ0) is 27.5. The van der Waals surface area contributed by atoms with Crippen molar-refractivity contribution in [3.63, 3.8) is 0 Å². The van der Waals surface area contributed by atoms with Crippen LogP contribution in [0, 0.1) is 0 Å². The predicted octanol–water partition coefficient (Wildman–Crippen LogP) is 6.73. The maximum absolute atomic E-state index is 13.4. The highest BCUT2D eigenvalue weighted by Crippen LogP contribution is 2.46. The topological polar surface area (TPSA) is 95.7 Å². The van der Waals surface area contributed by atoms with Gasteiger partial charge in [0.15, 0.2) is 11.5 Å². The number of carbonyl (C=O) groups excluding carboxylic acids is 1. The van der Waals surface area contributed by atoms with E-state index in [1.807, 2.05) is 85.8 Å². The molecule has 0 aliphatic heterocycles. The Kier molecular flexibility index (Phi) is 7.38. The van der Waals surface area contributed by atoms with Gasteiger partial charge in [0.2, 0.25) is 5.75 Å². The van der Waals surface area contributed by atoms with E-state index in [1.165, 1.54) is 11.3 Å². The van der Waals surface area contributed by atoms with E-state index in [0.717, 1.165) is 27.9 Å². The van der Waals surface area contributed by atoms with E-state index in [4.69, 9.17) is 24.9 Å². The van der Waals surface area contributed by atoms with Crippen LogP contribution in [0.1, 0.15) is 28.2 Å². The Labute approximate surface area is 231 Å². The highest BCUT2D eigenvalue weighted by atomic mass is 32.1. The summed E-state index contributed by atoms with van der Waals surface area (Å²) in [7, 11) is 4.72. The molecule has 5 aromatic rings. The lowest BCUT2D eigenvalue weighted by molar-refractivity contribution is 0.0945. The smallest absolute Gasteiger partial charge is 0.264 e. The zero-order valence-electron chi connectivity index (χ0n) is 22.1. The number of nitrogens with zero attached hydrogens (tertiary/aromatic N) is 1. The number of nitrogens with two attached hydrogens (primary N) is 1. The van der Waals surface area contributed by atoms with Crippen molar-refractivity contribution < 1.29 is 19.0 Å². The van der Waals surface area contributed by atoms with E-state index in [1.54, 1.807) is 21.3 Å². The molecule has 8 heteroatoms. The van der Waals surface area contributed by atoms with Crippen molar-refractivity contribution in [3.05, 3.63) is 89.3 Å². The molecule has 5 rings (SSSR count). The van der Waals surface area contributed by atoms with Crippen LogP contribution in [-0.4, -0.2) is 32.2 Å². The minimum Gasteiger partial charge on any atom is -0.493 e. The molecule has 0 radical (unpaired) electrons. The Morgan fingerprint density at radius 1 is 0.872 bits per heavy atom. The number of hydrogen-bond acceptors (Lipinski definition) is 7. The van der Waals surface area contributed by atoms with E-state index >= 15 is 0 Å². The molecule has 7 nitrogen and oxygen atoms in total. The van der Waals surface area contributed by atoms with Gasteiger partial charge >= 0.3 is 0 Å². The first-order chi connectivity index (χ1) is 18.9. The molecule has 198 valence electrons. The number of ether oxygens (including phenoxy) is 3. The van der Waals surface area contributed by atoms with E-state index < -0.39 is 0 Å². The maximum Gasteiger partial charge on any atom is 0.264 e. The second-order valence-electron chi connectivity index (χ2n) is 8.97. The van der Waals surface area contributed by atoms with Gasteiger partial charge in [-0.05, 0) is 41.8 Å². The first-order valence-electron chi connectivity index (χ1n) is 12.4. The summed E-state index contributed by atoms with van der Waals surface area (Å²) in [5, 5.41) is 3.78. The second-order valence-corrected chi connectivity index (χ2v) is 9.97. The monoisotopic (exact) mass is 539 g/mol. The summed E-state index contributed by atoms with van der Waals surface area (Å²) >= 11 is 1.28. The van der Waals surface area contributed by atoms with Gasteiger partial charge in [0, 0.05) is 10.9 Å². The Morgan fingerprint density at radius 2 is 1.49 bits per heavy atom. The largest absolute Gasteiger partial charge is 0.493 e. The number of nitrogen functional groups attached to an aromatic ring is 1. The number of methoxy groups -OCH3 is 3. The van der Waals surface area contributed by atoms with Crippen LogP contribution in [-0.2, 0) is 0 Å². The molecule has 1 amide bonds. The van der Waals surface area contributed by atoms with E-state index in [9.17, 15) is 4.79 Å². The molecular weight excluding hydrogens is 510 g/mol. The van der Waals surface area contributed by atoms with Crippen molar-refractivity contribution in [2.24, 2.45) is 0 Å². The van der Waals surface area contributed by atoms with Crippen LogP contribution in [0.25, 0.3) is 32.6 Å². The van der Waals surface area contributed by atoms with Gasteiger partial charge in [-0.3, -0.25) is 4.79 Å². The lowest BCUT2D eigenvalue weighted by Crippen LogP contribution is -2.26. The minimum absolute atomic E-state index is 0.189. The Bertz CT molecular complexity index is 1610. The first-order valence-corrected chi connectivity index (χ1v) is 13.2. The number of carbonyl (C=O) groups is 1. The first kappa shape index (κ1) is 26.1. The second kappa shape index (κ2) is 11.0. The van der Waals surface area contributed by atoms with Crippen LogP contribution in [0.2, 0.25) is 0 Å². The summed E-state index contributed by atoms with van der Waals surface area (Å²) in [4.78, 5) is 19.4. The molecule has 3 N–H and O–H groups in total. The molecule has 0 saturated heterocycles. The summed E-state index contributed by atoms with van der Waals surface area (Å²) in [6.45, 7) is 1.95. The third-order valence-electron chi connectivity index (χ3n) is 6.60. The predicted molar refractivity (Wildman–Crippen MR) is 157 cm³/mol. The number of pyridine rings is 1. The average molecular weight is 540 g/mol. The number of hydrogen-bond donors (Lipinski definition) is 2. The molecule has 39 heavy (non-hydrogen) atoms. The van der Waals surface area contributed by atoms with Gasteiger partial charge in [-0.2, -0.15) is 0 Å². The number of rotatable bonds is 8. The third-order valence-corrected chi connectivity index (χ3v) is 7.70. The Morgan fingerprint density at radius 3 is 2.08 bits per heavy atom. The van der Waals surface area contributed by atoms with Crippen molar-refractivity contribution in [3.8, 4) is 39.6 Å². The van der Waals surface area contributed by atoms with E-state index in [2.05, 4.69) is 5.32 Å². The van der Waals surface area contributed by atoms with Gasteiger partial charge in [0.1, 0.15) is 9.71 Å². The Hall–Kier alpha value is -4.56. The molecule has 0 bridgehead atoms. The molecule has 0 fully saturated rings. The summed E-state index contributed by atoms with van der Waals surface area (Å²) in [6, 6.07) is 25.2. The van der Waals surface area contributed by atoms with Crippen LogP contribution in [0.4, 0.5) is 5.69 Å². The average Bonchev–Trinajstić information content (AvgIpc) is 3.32. The highest BCUT2D eigenvalue weighted by Gasteiger charge is 2.24. The maximum atomic E-state index is 13.4. The van der Waals surface area contributed by atoms with E-state index in [0.29, 0.717) is 38.0 Å². The molecule has 0 aliphatic carbocycles. The molecular formula is C31H29N3O4S. The summed E-state index contributed by atoms with van der Waals surface area (Å²) in [5.74, 6) is 1.28. The summed E-state index contributed by atoms with van der Waals surface area (Å²) < 4.78 is 16.8. The summed E-state index contributed by atoms with van der Waals surface area (Å²) in [5.41, 5.74) is 11.4. The number of amides is 1. The molecule has 3 aromatic carbocycles. The fraction of sp³-hybridized carbons (Fsp3) is 0.161. The van der Waals surface area contributed by atoms with Crippen molar-refractivity contribution in [2.75, 3.05) is 27.1 Å². The fourth-order valence-electron chi connectivity index (χ4n) is 4.60. The molecule has 1 unspecified atom stereocenters. The van der Waals surface area contributed by atoms with Crippen molar-refractivity contribution in [1.82, 2.24) is 10.3 Å². The van der Waals surface area contributed by atoms with E-state index in [-0.39, 0.29) is 11.9 Å². The SMILES string of the molecule is COc1cc(-c2cc(-c3ccccc3)nc3sc(C(=O)NC(C)c4ccccc4)c(N)c23)cc(OC)c1OC. The van der Waals surface area contributed by atoms with Gasteiger partial charge in [0.25, 0.3) is 5.91 Å². The quantitative estimate of drug-likeness (QED) is 0.227. The van der Waals surface area contributed by atoms with Crippen LogP contribution in [0.15, 0.2) is 78.9 Å². The third kappa shape index (κ3) is 4.98. The van der Waals surface area contributed by atoms with Crippen molar-refractivity contribution >= 4 is 33.1 Å². The molecule has 2 heterocycles. The fourth-order valence-corrected chi connectivity index (χ4v) is 5.62. The van der Waals surface area contributed by atoms with Gasteiger partial charge in [-0.25, -0.2) is 4.98 Å². The number of anilines is 1. The number of aromatic nitrogens is 1. The van der Waals surface area contributed by atoms with Crippen LogP contribution in [0.3, 0.4) is 0 Å². The lowest BCUT2D eigenvalue weighted by Gasteiger charge is -2.16. The van der Waals surface area contributed by atoms with Gasteiger partial charge in [0.05, 0.1) is 38.8 Å². The highest BCUT2D eigenvalue weighted by molar-refractivity contribution is 7.21. The Balaban J connectivity index is 1.69. The van der Waals surface area contributed by atoms with Crippen LogP contribution >= 0.6 is 11.3 Å².